The van der Waals surface area contributed by atoms with Crippen LogP contribution in [-0.4, -0.2) is 32.3 Å². The normalized spacial score (nSPS) is 16.9. The van der Waals surface area contributed by atoms with Gasteiger partial charge in [-0.3, -0.25) is 9.69 Å². The van der Waals surface area contributed by atoms with Crippen molar-refractivity contribution in [3.05, 3.63) is 75.0 Å². The van der Waals surface area contributed by atoms with Crippen LogP contribution in [0.3, 0.4) is 0 Å². The van der Waals surface area contributed by atoms with Gasteiger partial charge in [-0.2, -0.15) is 0 Å². The molecule has 2 aromatic heterocycles. The zero-order chi connectivity index (χ0) is 21.8. The molecule has 4 rings (SSSR count). The van der Waals surface area contributed by atoms with Crippen LogP contribution < -0.4 is 5.32 Å². The first-order chi connectivity index (χ1) is 15.0. The molecule has 0 saturated carbocycles. The number of carbonyl (C=O) groups is 1. The van der Waals surface area contributed by atoms with E-state index in [1.54, 1.807) is 29.7 Å². The average molecular weight is 440 g/mol. The van der Waals surface area contributed by atoms with Crippen LogP contribution in [0.15, 0.2) is 36.7 Å². The monoisotopic (exact) mass is 439 g/mol. The highest BCUT2D eigenvalue weighted by molar-refractivity contribution is 7.11. The summed E-state index contributed by atoms with van der Waals surface area (Å²) in [6, 6.07) is 6.22. The fourth-order valence-electron chi connectivity index (χ4n) is 3.90. The number of carbonyl (C=O) groups excluding carboxylic acids is 1. The lowest BCUT2D eigenvalue weighted by Crippen LogP contribution is -2.34. The van der Waals surface area contributed by atoms with Crippen molar-refractivity contribution in [1.29, 1.82) is 0 Å². The van der Waals surface area contributed by atoms with Gasteiger partial charge < -0.3 is 5.32 Å². The molecule has 31 heavy (non-hydrogen) atoms. The Morgan fingerprint density at radius 1 is 1.19 bits per heavy atom. The number of likely N-dealkylation sites (tertiary alicyclic amines) is 1. The molecule has 1 amide bonds. The van der Waals surface area contributed by atoms with Gasteiger partial charge in [0.25, 0.3) is 5.91 Å². The molecule has 0 aliphatic carbocycles. The van der Waals surface area contributed by atoms with Crippen molar-refractivity contribution in [2.24, 2.45) is 0 Å². The minimum atomic E-state index is -0.294. The third kappa shape index (κ3) is 5.32. The second-order valence-electron chi connectivity index (χ2n) is 7.86. The maximum absolute atomic E-state index is 13.0. The second-order valence-corrected chi connectivity index (χ2v) is 9.18. The second kappa shape index (κ2) is 9.62. The van der Waals surface area contributed by atoms with Crippen LogP contribution in [0.1, 0.15) is 62.6 Å². The zero-order valence-corrected chi connectivity index (χ0v) is 18.6. The Bertz CT molecular complexity index is 1050. The number of thiazole rings is 1. The number of aryl methyl sites for hydroxylation is 2. The Kier molecular flexibility index (Phi) is 6.67. The predicted octanol–water partition coefficient (Wildman–Crippen LogP) is 4.35. The van der Waals surface area contributed by atoms with Gasteiger partial charge in [-0.25, -0.2) is 19.3 Å². The number of amides is 1. The van der Waals surface area contributed by atoms with Gasteiger partial charge >= 0.3 is 0 Å². The number of nitrogens with one attached hydrogen (secondary N) is 1. The van der Waals surface area contributed by atoms with Crippen LogP contribution in [-0.2, 0) is 13.1 Å². The highest BCUT2D eigenvalue weighted by Gasteiger charge is 2.27. The van der Waals surface area contributed by atoms with Crippen molar-refractivity contribution in [1.82, 2.24) is 25.2 Å². The summed E-state index contributed by atoms with van der Waals surface area (Å²) in [4.78, 5) is 29.9. The summed E-state index contributed by atoms with van der Waals surface area (Å²) in [6.07, 6.45) is 6.89. The van der Waals surface area contributed by atoms with Crippen molar-refractivity contribution < 1.29 is 9.18 Å². The van der Waals surface area contributed by atoms with E-state index in [1.165, 1.54) is 17.0 Å². The summed E-state index contributed by atoms with van der Waals surface area (Å²) >= 11 is 1.73. The van der Waals surface area contributed by atoms with E-state index in [-0.39, 0.29) is 17.8 Å². The van der Waals surface area contributed by atoms with Gasteiger partial charge in [0, 0.05) is 30.4 Å². The largest absolute Gasteiger partial charge is 0.348 e. The van der Waals surface area contributed by atoms with Crippen LogP contribution in [0, 0.1) is 19.7 Å². The van der Waals surface area contributed by atoms with Crippen molar-refractivity contribution in [3.8, 4) is 0 Å². The van der Waals surface area contributed by atoms with E-state index in [9.17, 15) is 9.18 Å². The van der Waals surface area contributed by atoms with E-state index in [1.807, 2.05) is 20.0 Å². The van der Waals surface area contributed by atoms with E-state index in [4.69, 9.17) is 4.98 Å². The Labute approximate surface area is 185 Å². The molecule has 3 aromatic rings. The SMILES string of the molecule is Cc1ncc(CN2CCCC[C@H]2c2ncc(C(=O)NCc3ccc(F)cc3)c(C)n2)s1. The summed E-state index contributed by atoms with van der Waals surface area (Å²) in [5.74, 6) is 0.250. The van der Waals surface area contributed by atoms with E-state index in [2.05, 4.69) is 20.2 Å². The molecule has 1 aliphatic rings. The van der Waals surface area contributed by atoms with Crippen LogP contribution in [0.5, 0.6) is 0 Å². The average Bonchev–Trinajstić information content (AvgIpc) is 3.18. The number of hydrogen-bond acceptors (Lipinski definition) is 6. The standard InChI is InChI=1S/C23H26FN5OS/c1-15-20(23(30)27-11-17-6-8-18(24)9-7-17)13-26-22(28-15)21-5-3-4-10-29(21)14-19-12-25-16(2)31-19/h6-9,12-13,21H,3-5,10-11,14H2,1-2H3,(H,27,30)/t21-/m0/s1. The highest BCUT2D eigenvalue weighted by Crippen LogP contribution is 2.31. The van der Waals surface area contributed by atoms with Crippen molar-refractivity contribution in [3.63, 3.8) is 0 Å². The number of benzene rings is 1. The lowest BCUT2D eigenvalue weighted by molar-refractivity contribution is 0.0948. The minimum absolute atomic E-state index is 0.145. The van der Waals surface area contributed by atoms with E-state index in [0.717, 1.165) is 48.7 Å². The third-order valence-corrected chi connectivity index (χ3v) is 6.45. The first-order valence-corrected chi connectivity index (χ1v) is 11.3. The smallest absolute Gasteiger partial charge is 0.254 e. The lowest BCUT2D eigenvalue weighted by atomic mass is 10.0. The number of aromatic nitrogens is 3. The maximum atomic E-state index is 13.0. The fraction of sp³-hybridized carbons (Fsp3) is 0.391. The predicted molar refractivity (Wildman–Crippen MR) is 118 cm³/mol. The van der Waals surface area contributed by atoms with Gasteiger partial charge in [0.05, 0.1) is 22.3 Å². The van der Waals surface area contributed by atoms with Crippen LogP contribution in [0.4, 0.5) is 4.39 Å². The van der Waals surface area contributed by atoms with E-state index >= 15 is 0 Å². The van der Waals surface area contributed by atoms with Gasteiger partial charge in [0.15, 0.2) is 0 Å². The first kappa shape index (κ1) is 21.5. The topological polar surface area (TPSA) is 71.0 Å². The van der Waals surface area contributed by atoms with Crippen molar-refractivity contribution >= 4 is 17.2 Å². The lowest BCUT2D eigenvalue weighted by Gasteiger charge is -2.34. The molecule has 3 heterocycles. The van der Waals surface area contributed by atoms with Gasteiger partial charge in [-0.15, -0.1) is 11.3 Å². The molecule has 1 aromatic carbocycles. The van der Waals surface area contributed by atoms with Gasteiger partial charge in [-0.1, -0.05) is 18.6 Å². The number of piperidine rings is 1. The molecule has 1 aliphatic heterocycles. The fourth-order valence-corrected chi connectivity index (χ4v) is 4.72. The Hall–Kier alpha value is -2.71. The minimum Gasteiger partial charge on any atom is -0.348 e. The van der Waals surface area contributed by atoms with Gasteiger partial charge in [-0.05, 0) is 50.9 Å². The number of rotatable bonds is 6. The molecule has 1 N–H and O–H groups in total. The molecule has 162 valence electrons. The molecule has 0 bridgehead atoms. The highest BCUT2D eigenvalue weighted by atomic mass is 32.1. The van der Waals surface area contributed by atoms with Gasteiger partial charge in [0.2, 0.25) is 0 Å². The molecule has 6 nitrogen and oxygen atoms in total. The molecule has 0 radical (unpaired) electrons. The third-order valence-electron chi connectivity index (χ3n) is 5.55. The summed E-state index contributed by atoms with van der Waals surface area (Å²) < 4.78 is 13.0. The summed E-state index contributed by atoms with van der Waals surface area (Å²) in [6.45, 7) is 6.04. The van der Waals surface area contributed by atoms with E-state index < -0.39 is 0 Å². The molecule has 0 spiro atoms. The van der Waals surface area contributed by atoms with Crippen LogP contribution in [0.2, 0.25) is 0 Å². The molecule has 1 saturated heterocycles. The molecule has 0 unspecified atom stereocenters. The summed E-state index contributed by atoms with van der Waals surface area (Å²) in [5, 5.41) is 3.94. The molecule has 1 atom stereocenters. The zero-order valence-electron chi connectivity index (χ0n) is 17.8. The maximum Gasteiger partial charge on any atom is 0.254 e. The molecule has 1 fully saturated rings. The number of hydrogen-bond donors (Lipinski definition) is 1. The molecule has 8 heteroatoms. The van der Waals surface area contributed by atoms with Crippen molar-refractivity contribution in [2.75, 3.05) is 6.54 Å². The van der Waals surface area contributed by atoms with Crippen LogP contribution in [0.25, 0.3) is 0 Å². The Balaban J connectivity index is 1.45. The van der Waals surface area contributed by atoms with Gasteiger partial charge in [0.1, 0.15) is 11.6 Å². The molecular weight excluding hydrogens is 413 g/mol. The van der Waals surface area contributed by atoms with E-state index in [0.29, 0.717) is 17.8 Å². The number of nitrogens with zero attached hydrogens (tertiary/aromatic N) is 4. The van der Waals surface area contributed by atoms with Crippen molar-refractivity contribution in [2.45, 2.75) is 52.2 Å². The quantitative estimate of drug-likeness (QED) is 0.618. The summed E-state index contributed by atoms with van der Waals surface area (Å²) in [7, 11) is 0. The Morgan fingerprint density at radius 3 is 2.71 bits per heavy atom. The Morgan fingerprint density at radius 2 is 2.00 bits per heavy atom. The molecular formula is C23H26FN5OS. The summed E-state index contributed by atoms with van der Waals surface area (Å²) in [5.41, 5.74) is 1.97. The first-order valence-electron chi connectivity index (χ1n) is 10.5. The van der Waals surface area contributed by atoms with Crippen LogP contribution >= 0.6 is 11.3 Å². The number of halogens is 1.